The van der Waals surface area contributed by atoms with Gasteiger partial charge in [-0.2, -0.15) is 4.72 Å². The summed E-state index contributed by atoms with van der Waals surface area (Å²) in [6.07, 6.45) is 0. The van der Waals surface area contributed by atoms with Gasteiger partial charge >= 0.3 is 0 Å². The van der Waals surface area contributed by atoms with Gasteiger partial charge in [0.25, 0.3) is 0 Å². The Bertz CT molecular complexity index is 1520. The maximum atomic E-state index is 13.5. The second-order valence-corrected chi connectivity index (χ2v) is 10.6. The lowest BCUT2D eigenvalue weighted by Gasteiger charge is -2.20. The number of hydrogen-bond acceptors (Lipinski definition) is 6. The van der Waals surface area contributed by atoms with E-state index in [2.05, 4.69) is 10.0 Å². The van der Waals surface area contributed by atoms with Gasteiger partial charge in [0.1, 0.15) is 29.0 Å². The fraction of sp³-hybridized carbons (Fsp3) is 0.167. The summed E-state index contributed by atoms with van der Waals surface area (Å²) < 4.78 is 40.7. The minimum Gasteiger partial charge on any atom is -0.495 e. The Labute approximate surface area is 228 Å². The van der Waals surface area contributed by atoms with Crippen molar-refractivity contribution in [2.75, 3.05) is 12.4 Å². The quantitative estimate of drug-likeness (QED) is 0.251. The van der Waals surface area contributed by atoms with Crippen molar-refractivity contribution in [2.24, 2.45) is 5.73 Å². The number of anilines is 1. The molecule has 9 heteroatoms. The number of benzene rings is 4. The van der Waals surface area contributed by atoms with Crippen LogP contribution in [0.4, 0.5) is 5.69 Å². The molecule has 0 bridgehead atoms. The average Bonchev–Trinajstić information content (AvgIpc) is 2.95. The van der Waals surface area contributed by atoms with Gasteiger partial charge in [-0.3, -0.25) is 4.79 Å². The molecule has 0 aliphatic heterocycles. The summed E-state index contributed by atoms with van der Waals surface area (Å²) in [4.78, 5) is 13.4. The Hall–Kier alpha value is -4.18. The van der Waals surface area contributed by atoms with Gasteiger partial charge in [0.15, 0.2) is 0 Å². The van der Waals surface area contributed by atoms with Gasteiger partial charge in [-0.15, -0.1) is 0 Å². The molecule has 0 unspecified atom stereocenters. The van der Waals surface area contributed by atoms with Gasteiger partial charge in [-0.05, 0) is 65.6 Å². The Morgan fingerprint density at radius 3 is 2.31 bits per heavy atom. The van der Waals surface area contributed by atoms with Gasteiger partial charge < -0.3 is 20.5 Å². The zero-order valence-corrected chi connectivity index (χ0v) is 22.6. The first kappa shape index (κ1) is 27.8. The number of hydrogen-bond donors (Lipinski definition) is 3. The number of aryl methyl sites for hydroxylation is 1. The number of carbonyl (C=O) groups excluding carboxylic acids is 1. The Balaban J connectivity index is 1.63. The molecule has 0 spiro atoms. The molecule has 39 heavy (non-hydrogen) atoms. The summed E-state index contributed by atoms with van der Waals surface area (Å²) in [7, 11) is -2.77. The standard InChI is InChI=1S/C30H31N3O5S/c1-21-11-16-27(37-2)28(17-21)39(35,36)33-29(30(34)32-25-10-6-9-23(18-25)19-31)24-12-14-26(15-13-24)38-20-22-7-4-3-5-8-22/h3-18,29,33H,19-20,31H2,1-2H3,(H,32,34)/t29-/m1/s1. The molecule has 0 aromatic heterocycles. The Morgan fingerprint density at radius 2 is 1.62 bits per heavy atom. The molecule has 0 aliphatic carbocycles. The van der Waals surface area contributed by atoms with Crippen LogP contribution in [0, 0.1) is 6.92 Å². The molecule has 0 saturated heterocycles. The van der Waals surface area contributed by atoms with Crippen LogP contribution in [0.25, 0.3) is 0 Å². The van der Waals surface area contributed by atoms with Crippen molar-refractivity contribution < 1.29 is 22.7 Å². The van der Waals surface area contributed by atoms with Crippen LogP contribution in [0.5, 0.6) is 11.5 Å². The van der Waals surface area contributed by atoms with Crippen molar-refractivity contribution in [1.29, 1.82) is 0 Å². The molecule has 0 radical (unpaired) electrons. The number of carbonyl (C=O) groups is 1. The molecule has 8 nitrogen and oxygen atoms in total. The normalized spacial score (nSPS) is 12.0. The Morgan fingerprint density at radius 1 is 0.897 bits per heavy atom. The third kappa shape index (κ3) is 7.23. The minimum absolute atomic E-state index is 0.0595. The van der Waals surface area contributed by atoms with Crippen LogP contribution in [-0.2, 0) is 28.0 Å². The number of nitrogens with two attached hydrogens (primary N) is 1. The van der Waals surface area contributed by atoms with Crippen LogP contribution in [0.15, 0.2) is 102 Å². The molecule has 1 atom stereocenters. The number of methoxy groups -OCH3 is 1. The van der Waals surface area contributed by atoms with Crippen molar-refractivity contribution in [1.82, 2.24) is 4.72 Å². The number of ether oxygens (including phenoxy) is 2. The molecule has 0 fully saturated rings. The second kappa shape index (κ2) is 12.6. The van der Waals surface area contributed by atoms with E-state index in [9.17, 15) is 13.2 Å². The monoisotopic (exact) mass is 545 g/mol. The summed E-state index contributed by atoms with van der Waals surface area (Å²) in [5.74, 6) is 0.200. The van der Waals surface area contributed by atoms with Crippen LogP contribution >= 0.6 is 0 Å². The highest BCUT2D eigenvalue weighted by atomic mass is 32.2. The zero-order valence-electron chi connectivity index (χ0n) is 21.8. The van der Waals surface area contributed by atoms with E-state index in [1.54, 1.807) is 61.5 Å². The minimum atomic E-state index is -4.17. The molecular weight excluding hydrogens is 514 g/mol. The lowest BCUT2D eigenvalue weighted by atomic mass is 10.1. The molecule has 4 aromatic rings. The number of sulfonamides is 1. The topological polar surface area (TPSA) is 120 Å². The van der Waals surface area contributed by atoms with E-state index in [4.69, 9.17) is 15.2 Å². The predicted molar refractivity (Wildman–Crippen MR) is 151 cm³/mol. The Kier molecular flexibility index (Phi) is 8.98. The molecule has 4 aromatic carbocycles. The lowest BCUT2D eigenvalue weighted by Crippen LogP contribution is -2.37. The van der Waals surface area contributed by atoms with E-state index in [0.717, 1.165) is 16.7 Å². The molecule has 0 aliphatic rings. The van der Waals surface area contributed by atoms with Crippen LogP contribution in [0.3, 0.4) is 0 Å². The predicted octanol–water partition coefficient (Wildman–Crippen LogP) is 4.70. The molecule has 0 saturated carbocycles. The van der Waals surface area contributed by atoms with Gasteiger partial charge in [0.2, 0.25) is 15.9 Å². The van der Waals surface area contributed by atoms with Crippen LogP contribution in [-0.4, -0.2) is 21.4 Å². The largest absolute Gasteiger partial charge is 0.495 e. The molecule has 4 N–H and O–H groups in total. The average molecular weight is 546 g/mol. The smallest absolute Gasteiger partial charge is 0.247 e. The number of nitrogens with one attached hydrogen (secondary N) is 2. The van der Waals surface area contributed by atoms with Crippen LogP contribution in [0.1, 0.15) is 28.3 Å². The van der Waals surface area contributed by atoms with Crippen molar-refractivity contribution >= 4 is 21.6 Å². The molecular formula is C30H31N3O5S. The molecule has 202 valence electrons. The van der Waals surface area contributed by atoms with E-state index in [1.807, 2.05) is 36.4 Å². The highest BCUT2D eigenvalue weighted by Crippen LogP contribution is 2.28. The summed E-state index contributed by atoms with van der Waals surface area (Å²) in [5.41, 5.74) is 9.25. The lowest BCUT2D eigenvalue weighted by molar-refractivity contribution is -0.117. The van der Waals surface area contributed by atoms with Crippen molar-refractivity contribution in [2.45, 2.75) is 31.0 Å². The maximum absolute atomic E-state index is 13.5. The summed E-state index contributed by atoms with van der Waals surface area (Å²) in [5, 5.41) is 2.81. The van der Waals surface area contributed by atoms with Crippen molar-refractivity contribution in [3.63, 3.8) is 0 Å². The van der Waals surface area contributed by atoms with Crippen molar-refractivity contribution in [3.05, 3.63) is 119 Å². The third-order valence-corrected chi connectivity index (χ3v) is 7.48. The summed E-state index contributed by atoms with van der Waals surface area (Å²) in [6, 6.07) is 27.1. The van der Waals surface area contributed by atoms with E-state index in [-0.39, 0.29) is 10.6 Å². The van der Waals surface area contributed by atoms with Crippen LogP contribution in [0.2, 0.25) is 0 Å². The van der Waals surface area contributed by atoms with E-state index in [0.29, 0.717) is 30.2 Å². The number of rotatable bonds is 11. The fourth-order valence-electron chi connectivity index (χ4n) is 3.97. The van der Waals surface area contributed by atoms with E-state index >= 15 is 0 Å². The SMILES string of the molecule is COc1ccc(C)cc1S(=O)(=O)N[C@@H](C(=O)Nc1cccc(CN)c1)c1ccc(OCc2ccccc2)cc1. The third-order valence-electron chi connectivity index (χ3n) is 6.04. The summed E-state index contributed by atoms with van der Waals surface area (Å²) >= 11 is 0. The number of amides is 1. The first-order valence-electron chi connectivity index (χ1n) is 12.3. The molecule has 1 amide bonds. The van der Waals surface area contributed by atoms with Crippen LogP contribution < -0.4 is 25.2 Å². The van der Waals surface area contributed by atoms with Gasteiger partial charge in [0.05, 0.1) is 7.11 Å². The van der Waals surface area contributed by atoms with Gasteiger partial charge in [-0.25, -0.2) is 8.42 Å². The maximum Gasteiger partial charge on any atom is 0.247 e. The van der Waals surface area contributed by atoms with Crippen molar-refractivity contribution in [3.8, 4) is 11.5 Å². The highest BCUT2D eigenvalue weighted by Gasteiger charge is 2.29. The first-order valence-corrected chi connectivity index (χ1v) is 13.8. The molecule has 4 rings (SSSR count). The molecule has 0 heterocycles. The fourth-order valence-corrected chi connectivity index (χ4v) is 5.41. The zero-order chi connectivity index (χ0) is 27.8. The first-order chi connectivity index (χ1) is 18.8. The highest BCUT2D eigenvalue weighted by molar-refractivity contribution is 7.89. The van der Waals surface area contributed by atoms with E-state index < -0.39 is 22.0 Å². The van der Waals surface area contributed by atoms with Gasteiger partial charge in [0, 0.05) is 12.2 Å². The van der Waals surface area contributed by atoms with E-state index in [1.165, 1.54) is 13.2 Å². The summed E-state index contributed by atoms with van der Waals surface area (Å²) in [6.45, 7) is 2.46. The second-order valence-electron chi connectivity index (χ2n) is 8.95. The van der Waals surface area contributed by atoms with Gasteiger partial charge in [-0.1, -0.05) is 60.7 Å².